The second-order valence-corrected chi connectivity index (χ2v) is 4.24. The highest BCUT2D eigenvalue weighted by molar-refractivity contribution is 5.77. The van der Waals surface area contributed by atoms with Gasteiger partial charge in [-0.15, -0.1) is 0 Å². The maximum Gasteiger partial charge on any atom is 0.308 e. The van der Waals surface area contributed by atoms with Gasteiger partial charge in [0, 0.05) is 13.0 Å². The first-order valence-corrected chi connectivity index (χ1v) is 5.68. The third-order valence-electron chi connectivity index (χ3n) is 2.50. The molecule has 0 rings (SSSR count). The van der Waals surface area contributed by atoms with Gasteiger partial charge in [-0.2, -0.15) is 0 Å². The highest BCUT2D eigenvalue weighted by atomic mass is 16.4. The molecule has 5 nitrogen and oxygen atoms in total. The molecule has 16 heavy (non-hydrogen) atoms. The van der Waals surface area contributed by atoms with E-state index in [1.807, 2.05) is 13.8 Å². The average molecular weight is 230 g/mol. The molecule has 0 saturated carbocycles. The molecule has 5 heteroatoms. The van der Waals surface area contributed by atoms with Crippen molar-refractivity contribution in [3.05, 3.63) is 0 Å². The summed E-state index contributed by atoms with van der Waals surface area (Å²) >= 11 is 0. The van der Waals surface area contributed by atoms with Gasteiger partial charge in [0.1, 0.15) is 0 Å². The number of carbonyl (C=O) groups excluding carboxylic acids is 1. The van der Waals surface area contributed by atoms with Crippen LogP contribution in [0.25, 0.3) is 0 Å². The number of hydrogen-bond acceptors (Lipinski definition) is 3. The normalized spacial score (nSPS) is 12.5. The van der Waals surface area contributed by atoms with Gasteiger partial charge in [-0.3, -0.25) is 9.59 Å². The van der Waals surface area contributed by atoms with Crippen LogP contribution < -0.4 is 11.1 Å². The van der Waals surface area contributed by atoms with Crippen molar-refractivity contribution >= 4 is 11.9 Å². The zero-order chi connectivity index (χ0) is 12.6. The number of nitrogens with one attached hydrogen (secondary N) is 1. The molecule has 4 N–H and O–H groups in total. The minimum atomic E-state index is -0.864. The summed E-state index contributed by atoms with van der Waals surface area (Å²) in [5.41, 5.74) is 5.31. The first kappa shape index (κ1) is 14.9. The molecule has 0 fully saturated rings. The fourth-order valence-corrected chi connectivity index (χ4v) is 1.35. The summed E-state index contributed by atoms with van der Waals surface area (Å²) in [5.74, 6) is -1.46. The molecule has 0 aromatic heterocycles. The summed E-state index contributed by atoms with van der Waals surface area (Å²) in [5, 5.41) is 11.5. The minimum absolute atomic E-state index is 0.0156. The van der Waals surface area contributed by atoms with Crippen molar-refractivity contribution in [2.45, 2.75) is 33.1 Å². The van der Waals surface area contributed by atoms with Gasteiger partial charge in [-0.25, -0.2) is 0 Å². The second kappa shape index (κ2) is 8.10. The molecule has 94 valence electrons. The van der Waals surface area contributed by atoms with Crippen molar-refractivity contribution in [3.8, 4) is 0 Å². The summed E-state index contributed by atoms with van der Waals surface area (Å²) in [6.45, 7) is 4.45. The number of carbonyl (C=O) groups is 2. The molecule has 0 radical (unpaired) electrons. The lowest BCUT2D eigenvalue weighted by atomic mass is 9.96. The van der Waals surface area contributed by atoms with E-state index in [2.05, 4.69) is 5.32 Å². The van der Waals surface area contributed by atoms with Crippen LogP contribution in [0.15, 0.2) is 0 Å². The Labute approximate surface area is 96.4 Å². The third kappa shape index (κ3) is 6.40. The van der Waals surface area contributed by atoms with E-state index in [1.165, 1.54) is 0 Å². The molecule has 1 atom stereocenters. The molecule has 0 spiro atoms. The molecule has 0 aliphatic carbocycles. The van der Waals surface area contributed by atoms with Gasteiger partial charge < -0.3 is 16.2 Å². The van der Waals surface area contributed by atoms with Gasteiger partial charge in [-0.1, -0.05) is 13.8 Å². The third-order valence-corrected chi connectivity index (χ3v) is 2.50. The molecule has 0 saturated heterocycles. The Morgan fingerprint density at radius 2 is 1.94 bits per heavy atom. The number of unbranched alkanes of at least 4 members (excludes halogenated alkanes) is 1. The fourth-order valence-electron chi connectivity index (χ4n) is 1.35. The van der Waals surface area contributed by atoms with E-state index in [9.17, 15) is 9.59 Å². The monoisotopic (exact) mass is 230 g/mol. The highest BCUT2D eigenvalue weighted by Crippen LogP contribution is 2.09. The molecule has 0 heterocycles. The maximum atomic E-state index is 11.3. The molecule has 1 amide bonds. The van der Waals surface area contributed by atoms with Crippen LogP contribution in [0.5, 0.6) is 0 Å². The Hall–Kier alpha value is -1.10. The summed E-state index contributed by atoms with van der Waals surface area (Å²) in [6.07, 6.45) is 1.99. The lowest BCUT2D eigenvalue weighted by molar-refractivity contribution is -0.143. The van der Waals surface area contributed by atoms with E-state index in [4.69, 9.17) is 10.8 Å². The summed E-state index contributed by atoms with van der Waals surface area (Å²) in [4.78, 5) is 22.2. The summed E-state index contributed by atoms with van der Waals surface area (Å²) in [6, 6.07) is 0. The quantitative estimate of drug-likeness (QED) is 0.532. The molecule has 1 unspecified atom stereocenters. The van der Waals surface area contributed by atoms with Crippen LogP contribution in [-0.2, 0) is 9.59 Å². The predicted molar refractivity (Wildman–Crippen MR) is 61.9 cm³/mol. The summed E-state index contributed by atoms with van der Waals surface area (Å²) in [7, 11) is 0. The SMILES string of the molecule is CC(C)C(CNC(=O)CCCCN)C(=O)O. The fraction of sp³-hybridized carbons (Fsp3) is 0.818. The van der Waals surface area contributed by atoms with Crippen LogP contribution in [0.2, 0.25) is 0 Å². The van der Waals surface area contributed by atoms with Gasteiger partial charge >= 0.3 is 5.97 Å². The Morgan fingerprint density at radius 1 is 1.31 bits per heavy atom. The number of hydrogen-bond donors (Lipinski definition) is 3. The predicted octanol–water partition coefficient (Wildman–Crippen LogP) is 0.588. The number of rotatable bonds is 8. The molecular formula is C11H22N2O3. The Balaban J connectivity index is 3.83. The van der Waals surface area contributed by atoms with Crippen molar-refractivity contribution in [2.75, 3.05) is 13.1 Å². The number of carboxylic acids is 1. The van der Waals surface area contributed by atoms with Gasteiger partial charge in [-0.05, 0) is 25.3 Å². The first-order chi connectivity index (χ1) is 7.49. The van der Waals surface area contributed by atoms with E-state index < -0.39 is 11.9 Å². The van der Waals surface area contributed by atoms with Crippen molar-refractivity contribution in [1.82, 2.24) is 5.32 Å². The maximum absolute atomic E-state index is 11.3. The number of amides is 1. The first-order valence-electron chi connectivity index (χ1n) is 5.68. The molecule has 0 aliphatic heterocycles. The number of nitrogens with two attached hydrogens (primary N) is 1. The molecule has 0 aliphatic rings. The zero-order valence-electron chi connectivity index (χ0n) is 10.0. The van der Waals surface area contributed by atoms with Crippen molar-refractivity contribution < 1.29 is 14.7 Å². The molecule has 0 aromatic rings. The van der Waals surface area contributed by atoms with Crippen LogP contribution in [0, 0.1) is 11.8 Å². The summed E-state index contributed by atoms with van der Waals surface area (Å²) < 4.78 is 0. The van der Waals surface area contributed by atoms with E-state index in [-0.39, 0.29) is 18.4 Å². The van der Waals surface area contributed by atoms with Crippen molar-refractivity contribution in [3.63, 3.8) is 0 Å². The standard InChI is InChI=1S/C11H22N2O3/c1-8(2)9(11(15)16)7-13-10(14)5-3-4-6-12/h8-9H,3-7,12H2,1-2H3,(H,13,14)(H,15,16). The van der Waals surface area contributed by atoms with Crippen LogP contribution in [-0.4, -0.2) is 30.1 Å². The van der Waals surface area contributed by atoms with E-state index in [0.29, 0.717) is 13.0 Å². The molecular weight excluding hydrogens is 208 g/mol. The van der Waals surface area contributed by atoms with Crippen molar-refractivity contribution in [1.29, 1.82) is 0 Å². The second-order valence-electron chi connectivity index (χ2n) is 4.24. The van der Waals surface area contributed by atoms with Gasteiger partial charge in [0.2, 0.25) is 5.91 Å². The van der Waals surface area contributed by atoms with Crippen molar-refractivity contribution in [2.24, 2.45) is 17.6 Å². The Kier molecular flexibility index (Phi) is 7.54. The van der Waals surface area contributed by atoms with E-state index in [1.54, 1.807) is 0 Å². The van der Waals surface area contributed by atoms with Crippen LogP contribution in [0.4, 0.5) is 0 Å². The van der Waals surface area contributed by atoms with Crippen LogP contribution in [0.1, 0.15) is 33.1 Å². The molecule has 0 bridgehead atoms. The lowest BCUT2D eigenvalue weighted by Gasteiger charge is -2.16. The Bertz CT molecular complexity index is 229. The Morgan fingerprint density at radius 3 is 2.38 bits per heavy atom. The largest absolute Gasteiger partial charge is 0.481 e. The number of carboxylic acid groups (broad SMARTS) is 1. The molecule has 0 aromatic carbocycles. The lowest BCUT2D eigenvalue weighted by Crippen LogP contribution is -2.35. The van der Waals surface area contributed by atoms with Gasteiger partial charge in [0.25, 0.3) is 0 Å². The topological polar surface area (TPSA) is 92.4 Å². The highest BCUT2D eigenvalue weighted by Gasteiger charge is 2.21. The van der Waals surface area contributed by atoms with E-state index >= 15 is 0 Å². The zero-order valence-corrected chi connectivity index (χ0v) is 10.0. The van der Waals surface area contributed by atoms with E-state index in [0.717, 1.165) is 12.8 Å². The smallest absolute Gasteiger partial charge is 0.308 e. The number of aliphatic carboxylic acids is 1. The minimum Gasteiger partial charge on any atom is -0.481 e. The average Bonchev–Trinajstić information content (AvgIpc) is 2.17. The van der Waals surface area contributed by atoms with Crippen LogP contribution in [0.3, 0.4) is 0 Å². The van der Waals surface area contributed by atoms with Crippen LogP contribution >= 0.6 is 0 Å². The van der Waals surface area contributed by atoms with Gasteiger partial charge in [0.05, 0.1) is 5.92 Å². The van der Waals surface area contributed by atoms with Gasteiger partial charge in [0.15, 0.2) is 0 Å².